The molecule has 15 heavy (non-hydrogen) atoms. The van der Waals surface area contributed by atoms with E-state index >= 15 is 0 Å². The van der Waals surface area contributed by atoms with Gasteiger partial charge in [-0.15, -0.1) is 0 Å². The van der Waals surface area contributed by atoms with Crippen molar-refractivity contribution in [1.29, 1.82) is 0 Å². The molecule has 1 atom stereocenters. The van der Waals surface area contributed by atoms with Gasteiger partial charge in [-0.05, 0) is 28.5 Å². The van der Waals surface area contributed by atoms with Crippen molar-refractivity contribution in [1.82, 2.24) is 0 Å². The molecule has 0 saturated carbocycles. The first-order valence-electron chi connectivity index (χ1n) is 4.69. The standard InChI is InChI=1S/C12H11BrO2/c13-12(15)6-8-1-2-10-7-11(14)4-3-9(10)5-8/h1-5,7,12,14-15H,6H2. The third-order valence-electron chi connectivity index (χ3n) is 2.29. The SMILES string of the molecule is Oc1ccc2cc(CC(O)Br)ccc2c1. The first-order valence-corrected chi connectivity index (χ1v) is 5.60. The van der Waals surface area contributed by atoms with Crippen LogP contribution in [0.3, 0.4) is 0 Å². The van der Waals surface area contributed by atoms with E-state index in [1.54, 1.807) is 12.1 Å². The summed E-state index contributed by atoms with van der Waals surface area (Å²) in [5.41, 5.74) is 1.07. The molecule has 2 N–H and O–H groups in total. The van der Waals surface area contributed by atoms with Crippen molar-refractivity contribution in [2.24, 2.45) is 0 Å². The molecule has 0 amide bonds. The second-order valence-electron chi connectivity index (χ2n) is 3.50. The highest BCUT2D eigenvalue weighted by Crippen LogP contribution is 2.22. The maximum Gasteiger partial charge on any atom is 0.116 e. The first kappa shape index (κ1) is 10.5. The van der Waals surface area contributed by atoms with Gasteiger partial charge in [0.2, 0.25) is 0 Å². The average Bonchev–Trinajstić information content (AvgIpc) is 2.17. The molecule has 0 fully saturated rings. The minimum absolute atomic E-state index is 0.274. The number of alkyl halides is 1. The van der Waals surface area contributed by atoms with E-state index < -0.39 is 5.01 Å². The fourth-order valence-corrected chi connectivity index (χ4v) is 1.98. The summed E-state index contributed by atoms with van der Waals surface area (Å²) < 4.78 is 0. The van der Waals surface area contributed by atoms with Gasteiger partial charge < -0.3 is 10.2 Å². The van der Waals surface area contributed by atoms with Gasteiger partial charge in [0.1, 0.15) is 10.8 Å². The van der Waals surface area contributed by atoms with Gasteiger partial charge >= 0.3 is 0 Å². The van der Waals surface area contributed by atoms with Crippen LogP contribution in [0.15, 0.2) is 36.4 Å². The Balaban J connectivity index is 2.43. The summed E-state index contributed by atoms with van der Waals surface area (Å²) in [5, 5.41) is 20.1. The van der Waals surface area contributed by atoms with E-state index in [0.717, 1.165) is 16.3 Å². The van der Waals surface area contributed by atoms with E-state index in [1.807, 2.05) is 24.3 Å². The Morgan fingerprint density at radius 1 is 1.07 bits per heavy atom. The Kier molecular flexibility index (Phi) is 2.93. The largest absolute Gasteiger partial charge is 0.508 e. The fourth-order valence-electron chi connectivity index (χ4n) is 1.60. The van der Waals surface area contributed by atoms with Crippen LogP contribution in [0, 0.1) is 0 Å². The number of aromatic hydroxyl groups is 1. The zero-order chi connectivity index (χ0) is 10.8. The number of hydrogen-bond acceptors (Lipinski definition) is 2. The predicted octanol–water partition coefficient (Wildman–Crippen LogP) is 2.80. The van der Waals surface area contributed by atoms with Gasteiger partial charge in [-0.1, -0.05) is 40.2 Å². The summed E-state index contributed by atoms with van der Waals surface area (Å²) in [7, 11) is 0. The summed E-state index contributed by atoms with van der Waals surface area (Å²) in [6.07, 6.45) is 0.580. The van der Waals surface area contributed by atoms with Crippen LogP contribution in [0.4, 0.5) is 0 Å². The van der Waals surface area contributed by atoms with E-state index in [9.17, 15) is 10.2 Å². The summed E-state index contributed by atoms with van der Waals surface area (Å²) in [6, 6.07) is 11.2. The summed E-state index contributed by atoms with van der Waals surface area (Å²) in [5.74, 6) is 0.274. The molecule has 0 heterocycles. The molecule has 0 spiro atoms. The maximum absolute atomic E-state index is 9.30. The lowest BCUT2D eigenvalue weighted by molar-refractivity contribution is 0.271. The molecule has 2 aromatic rings. The van der Waals surface area contributed by atoms with Crippen LogP contribution < -0.4 is 0 Å². The number of aliphatic hydroxyl groups is 1. The molecule has 0 aliphatic heterocycles. The van der Waals surface area contributed by atoms with Gasteiger partial charge in [0.15, 0.2) is 0 Å². The van der Waals surface area contributed by atoms with Crippen molar-refractivity contribution in [3.8, 4) is 5.75 Å². The van der Waals surface area contributed by atoms with Crippen LogP contribution in [0.1, 0.15) is 5.56 Å². The van der Waals surface area contributed by atoms with Crippen molar-refractivity contribution in [2.45, 2.75) is 11.4 Å². The number of aliphatic hydroxyl groups excluding tert-OH is 1. The molecule has 0 aromatic heterocycles. The highest BCUT2D eigenvalue weighted by Gasteiger charge is 2.02. The molecule has 1 unspecified atom stereocenters. The van der Waals surface area contributed by atoms with Crippen molar-refractivity contribution in [2.75, 3.05) is 0 Å². The first-order chi connectivity index (χ1) is 7.15. The Labute approximate surface area is 96.3 Å². The molecule has 2 aromatic carbocycles. The Morgan fingerprint density at radius 3 is 2.47 bits per heavy atom. The molecule has 2 nitrogen and oxygen atoms in total. The Morgan fingerprint density at radius 2 is 1.73 bits per heavy atom. The number of phenolic OH excluding ortho intramolecular Hbond substituents is 1. The number of rotatable bonds is 2. The molecule has 0 radical (unpaired) electrons. The Hall–Kier alpha value is -1.06. The smallest absolute Gasteiger partial charge is 0.116 e. The lowest BCUT2D eigenvalue weighted by Gasteiger charge is -2.05. The zero-order valence-electron chi connectivity index (χ0n) is 8.02. The number of benzene rings is 2. The predicted molar refractivity (Wildman–Crippen MR) is 64.3 cm³/mol. The second kappa shape index (κ2) is 4.21. The van der Waals surface area contributed by atoms with Crippen LogP contribution in [-0.4, -0.2) is 15.2 Å². The molecule has 2 rings (SSSR count). The molecule has 0 aliphatic rings. The van der Waals surface area contributed by atoms with Gasteiger partial charge in [0.25, 0.3) is 0 Å². The minimum Gasteiger partial charge on any atom is -0.508 e. The summed E-state index contributed by atoms with van der Waals surface area (Å²) >= 11 is 3.10. The molecule has 0 bridgehead atoms. The number of phenols is 1. The summed E-state index contributed by atoms with van der Waals surface area (Å²) in [6.45, 7) is 0. The molecule has 0 aliphatic carbocycles. The van der Waals surface area contributed by atoms with Crippen LogP contribution in [-0.2, 0) is 6.42 Å². The van der Waals surface area contributed by atoms with Crippen molar-refractivity contribution < 1.29 is 10.2 Å². The van der Waals surface area contributed by atoms with Crippen LogP contribution in [0.5, 0.6) is 5.75 Å². The number of halogens is 1. The van der Waals surface area contributed by atoms with Gasteiger partial charge in [-0.25, -0.2) is 0 Å². The van der Waals surface area contributed by atoms with Gasteiger partial charge in [-0.2, -0.15) is 0 Å². The van der Waals surface area contributed by atoms with Gasteiger partial charge in [-0.3, -0.25) is 0 Å². The second-order valence-corrected chi connectivity index (χ2v) is 4.56. The third-order valence-corrected chi connectivity index (χ3v) is 2.62. The minimum atomic E-state index is -0.507. The summed E-state index contributed by atoms with van der Waals surface area (Å²) in [4.78, 5) is 0. The van der Waals surface area contributed by atoms with E-state index in [0.29, 0.717) is 6.42 Å². The van der Waals surface area contributed by atoms with Crippen molar-refractivity contribution in [3.63, 3.8) is 0 Å². The molecule has 3 heteroatoms. The van der Waals surface area contributed by atoms with Crippen LogP contribution in [0.2, 0.25) is 0 Å². The quantitative estimate of drug-likeness (QED) is 0.821. The fraction of sp³-hybridized carbons (Fsp3) is 0.167. The lowest BCUT2D eigenvalue weighted by Crippen LogP contribution is -1.99. The topological polar surface area (TPSA) is 40.5 Å². The number of fused-ring (bicyclic) bond motifs is 1. The molecular formula is C12H11BrO2. The van der Waals surface area contributed by atoms with Crippen molar-refractivity contribution in [3.05, 3.63) is 42.0 Å². The van der Waals surface area contributed by atoms with E-state index in [4.69, 9.17) is 0 Å². The number of hydrogen-bond donors (Lipinski definition) is 2. The monoisotopic (exact) mass is 266 g/mol. The van der Waals surface area contributed by atoms with E-state index in [2.05, 4.69) is 15.9 Å². The zero-order valence-corrected chi connectivity index (χ0v) is 9.61. The maximum atomic E-state index is 9.30. The van der Waals surface area contributed by atoms with Gasteiger partial charge in [0.05, 0.1) is 0 Å². The lowest BCUT2D eigenvalue weighted by atomic mass is 10.1. The highest BCUT2D eigenvalue weighted by atomic mass is 79.9. The third kappa shape index (κ3) is 2.49. The van der Waals surface area contributed by atoms with E-state index in [-0.39, 0.29) is 5.75 Å². The molecular weight excluding hydrogens is 256 g/mol. The van der Waals surface area contributed by atoms with Gasteiger partial charge in [0, 0.05) is 6.42 Å². The van der Waals surface area contributed by atoms with Crippen LogP contribution in [0.25, 0.3) is 10.8 Å². The molecule has 0 saturated heterocycles. The Bertz CT molecular complexity index is 480. The average molecular weight is 267 g/mol. The van der Waals surface area contributed by atoms with Crippen LogP contribution >= 0.6 is 15.9 Å². The van der Waals surface area contributed by atoms with Crippen molar-refractivity contribution >= 4 is 26.7 Å². The van der Waals surface area contributed by atoms with E-state index in [1.165, 1.54) is 0 Å². The molecule has 78 valence electrons. The normalized spacial score (nSPS) is 12.9. The highest BCUT2D eigenvalue weighted by molar-refractivity contribution is 9.09.